The summed E-state index contributed by atoms with van der Waals surface area (Å²) in [6, 6.07) is -0.125. The number of aromatic nitrogens is 2. The number of methoxy groups -OCH3 is 1. The van der Waals surface area contributed by atoms with Gasteiger partial charge in [0.25, 0.3) is 0 Å². The van der Waals surface area contributed by atoms with Crippen molar-refractivity contribution in [2.45, 2.75) is 32.7 Å². The first-order chi connectivity index (χ1) is 7.17. The fourth-order valence-corrected chi connectivity index (χ4v) is 1.33. The first-order valence-electron chi connectivity index (χ1n) is 5.24. The van der Waals surface area contributed by atoms with Crippen molar-refractivity contribution in [1.29, 1.82) is 0 Å². The maximum atomic E-state index is 5.79. The molecule has 0 saturated heterocycles. The van der Waals surface area contributed by atoms with E-state index >= 15 is 0 Å². The topological polar surface area (TPSA) is 74.2 Å². The number of nitrogens with two attached hydrogens (primary N) is 1. The molecule has 1 heterocycles. The van der Waals surface area contributed by atoms with Gasteiger partial charge in [-0.1, -0.05) is 19.0 Å². The molecule has 0 saturated carbocycles. The molecule has 0 aliphatic heterocycles. The summed E-state index contributed by atoms with van der Waals surface area (Å²) in [4.78, 5) is 4.24. The molecule has 5 nitrogen and oxygen atoms in total. The van der Waals surface area contributed by atoms with Crippen molar-refractivity contribution in [2.24, 2.45) is 11.7 Å². The number of rotatable bonds is 6. The Morgan fingerprint density at radius 2 is 2.27 bits per heavy atom. The van der Waals surface area contributed by atoms with Crippen LogP contribution < -0.4 is 5.73 Å². The molecule has 0 radical (unpaired) electrons. The van der Waals surface area contributed by atoms with Gasteiger partial charge in [0.1, 0.15) is 0 Å². The molecule has 0 spiro atoms. The number of ether oxygens (including phenoxy) is 1. The molecule has 0 aliphatic rings. The molecule has 2 unspecified atom stereocenters. The molecule has 0 aliphatic carbocycles. The standard InChI is InChI=1S/C10H19N3O2/c1-4-8(11)10-12-9(15-13-10)5-7(2)6-14-3/h7-8H,4-6,11H2,1-3H3. The second-order valence-corrected chi connectivity index (χ2v) is 3.83. The zero-order valence-corrected chi connectivity index (χ0v) is 9.56. The van der Waals surface area contributed by atoms with E-state index in [1.807, 2.05) is 6.92 Å². The van der Waals surface area contributed by atoms with E-state index in [4.69, 9.17) is 15.0 Å². The largest absolute Gasteiger partial charge is 0.384 e. The molecule has 0 fully saturated rings. The Morgan fingerprint density at radius 1 is 1.53 bits per heavy atom. The van der Waals surface area contributed by atoms with Crippen molar-refractivity contribution >= 4 is 0 Å². The van der Waals surface area contributed by atoms with Crippen molar-refractivity contribution in [2.75, 3.05) is 13.7 Å². The highest BCUT2D eigenvalue weighted by atomic mass is 16.5. The van der Waals surface area contributed by atoms with Crippen LogP contribution in [0.1, 0.15) is 38.0 Å². The Morgan fingerprint density at radius 3 is 2.87 bits per heavy atom. The Balaban J connectivity index is 2.52. The van der Waals surface area contributed by atoms with E-state index in [9.17, 15) is 0 Å². The van der Waals surface area contributed by atoms with Gasteiger partial charge in [-0.05, 0) is 12.3 Å². The van der Waals surface area contributed by atoms with Crippen molar-refractivity contribution in [3.05, 3.63) is 11.7 Å². The SMILES string of the molecule is CCC(N)c1noc(CC(C)COC)n1. The van der Waals surface area contributed by atoms with Crippen LogP contribution in [0.25, 0.3) is 0 Å². The third kappa shape index (κ3) is 3.60. The van der Waals surface area contributed by atoms with E-state index in [-0.39, 0.29) is 6.04 Å². The van der Waals surface area contributed by atoms with Gasteiger partial charge < -0.3 is 15.0 Å². The van der Waals surface area contributed by atoms with Crippen LogP contribution in [0.3, 0.4) is 0 Å². The van der Waals surface area contributed by atoms with Gasteiger partial charge in [0.05, 0.1) is 6.04 Å². The van der Waals surface area contributed by atoms with Crippen LogP contribution in [0, 0.1) is 5.92 Å². The number of hydrogen-bond acceptors (Lipinski definition) is 5. The minimum Gasteiger partial charge on any atom is -0.384 e. The molecule has 15 heavy (non-hydrogen) atoms. The fraction of sp³-hybridized carbons (Fsp3) is 0.800. The van der Waals surface area contributed by atoms with Gasteiger partial charge in [0, 0.05) is 20.1 Å². The number of hydrogen-bond donors (Lipinski definition) is 1. The Kier molecular flexibility index (Phi) is 4.71. The van der Waals surface area contributed by atoms with E-state index in [1.165, 1.54) is 0 Å². The van der Waals surface area contributed by atoms with Gasteiger partial charge in [-0.15, -0.1) is 0 Å². The molecular formula is C10H19N3O2. The molecule has 1 aromatic rings. The average Bonchev–Trinajstić information content (AvgIpc) is 2.65. The highest BCUT2D eigenvalue weighted by Gasteiger charge is 2.14. The zero-order chi connectivity index (χ0) is 11.3. The molecule has 2 N–H and O–H groups in total. The monoisotopic (exact) mass is 213 g/mol. The Bertz CT molecular complexity index is 288. The van der Waals surface area contributed by atoms with Gasteiger partial charge in [-0.25, -0.2) is 0 Å². The predicted octanol–water partition coefficient (Wildman–Crippen LogP) is 1.30. The van der Waals surface area contributed by atoms with Gasteiger partial charge in [0.15, 0.2) is 5.82 Å². The minimum absolute atomic E-state index is 0.125. The van der Waals surface area contributed by atoms with Crippen molar-refractivity contribution in [3.8, 4) is 0 Å². The van der Waals surface area contributed by atoms with Gasteiger partial charge in [0.2, 0.25) is 5.89 Å². The second-order valence-electron chi connectivity index (χ2n) is 3.83. The highest BCUT2D eigenvalue weighted by molar-refractivity contribution is 4.93. The lowest BCUT2D eigenvalue weighted by atomic mass is 10.1. The van der Waals surface area contributed by atoms with Crippen molar-refractivity contribution < 1.29 is 9.26 Å². The van der Waals surface area contributed by atoms with E-state index in [1.54, 1.807) is 7.11 Å². The first kappa shape index (κ1) is 12.1. The molecule has 0 amide bonds. The summed E-state index contributed by atoms with van der Waals surface area (Å²) in [7, 11) is 1.68. The Labute approximate surface area is 90.0 Å². The maximum absolute atomic E-state index is 5.79. The Hall–Kier alpha value is -0.940. The minimum atomic E-state index is -0.125. The summed E-state index contributed by atoms with van der Waals surface area (Å²) < 4.78 is 10.1. The molecule has 0 bridgehead atoms. The normalized spacial score (nSPS) is 15.2. The maximum Gasteiger partial charge on any atom is 0.227 e. The first-order valence-corrected chi connectivity index (χ1v) is 5.24. The third-order valence-corrected chi connectivity index (χ3v) is 2.23. The van der Waals surface area contributed by atoms with Crippen LogP contribution in [-0.2, 0) is 11.2 Å². The van der Waals surface area contributed by atoms with Gasteiger partial charge in [-0.3, -0.25) is 0 Å². The molecule has 1 aromatic heterocycles. The van der Waals surface area contributed by atoms with Crippen LogP contribution in [-0.4, -0.2) is 23.9 Å². The fourth-order valence-electron chi connectivity index (χ4n) is 1.33. The third-order valence-electron chi connectivity index (χ3n) is 2.23. The van der Waals surface area contributed by atoms with E-state index in [0.29, 0.717) is 24.2 Å². The second kappa shape index (κ2) is 5.82. The summed E-state index contributed by atoms with van der Waals surface area (Å²) >= 11 is 0. The van der Waals surface area contributed by atoms with Crippen molar-refractivity contribution in [3.63, 3.8) is 0 Å². The van der Waals surface area contributed by atoms with Crippen LogP contribution in [0.4, 0.5) is 0 Å². The molecule has 0 aromatic carbocycles. The van der Waals surface area contributed by atoms with E-state index in [2.05, 4.69) is 17.1 Å². The van der Waals surface area contributed by atoms with Gasteiger partial charge >= 0.3 is 0 Å². The summed E-state index contributed by atoms with van der Waals surface area (Å²) in [6.45, 7) is 4.76. The van der Waals surface area contributed by atoms with Crippen molar-refractivity contribution in [1.82, 2.24) is 10.1 Å². The zero-order valence-electron chi connectivity index (χ0n) is 9.56. The lowest BCUT2D eigenvalue weighted by Gasteiger charge is -2.05. The van der Waals surface area contributed by atoms with Crippen LogP contribution in [0.2, 0.25) is 0 Å². The van der Waals surface area contributed by atoms with Crippen LogP contribution in [0.15, 0.2) is 4.52 Å². The smallest absolute Gasteiger partial charge is 0.227 e. The van der Waals surface area contributed by atoms with E-state index < -0.39 is 0 Å². The molecule has 2 atom stereocenters. The van der Waals surface area contributed by atoms with Crippen LogP contribution >= 0.6 is 0 Å². The highest BCUT2D eigenvalue weighted by Crippen LogP contribution is 2.12. The molecule has 5 heteroatoms. The van der Waals surface area contributed by atoms with Crippen LogP contribution in [0.5, 0.6) is 0 Å². The predicted molar refractivity (Wildman–Crippen MR) is 56.3 cm³/mol. The van der Waals surface area contributed by atoms with E-state index in [0.717, 1.165) is 12.8 Å². The molecule has 1 rings (SSSR count). The number of nitrogens with zero attached hydrogens (tertiary/aromatic N) is 2. The average molecular weight is 213 g/mol. The molecular weight excluding hydrogens is 194 g/mol. The lowest BCUT2D eigenvalue weighted by Crippen LogP contribution is -2.11. The molecule has 86 valence electrons. The summed E-state index contributed by atoms with van der Waals surface area (Å²) in [5, 5.41) is 3.85. The summed E-state index contributed by atoms with van der Waals surface area (Å²) in [5.74, 6) is 1.61. The quantitative estimate of drug-likeness (QED) is 0.771. The van der Waals surface area contributed by atoms with Gasteiger partial charge in [-0.2, -0.15) is 4.98 Å². The summed E-state index contributed by atoms with van der Waals surface area (Å²) in [6.07, 6.45) is 1.55. The summed E-state index contributed by atoms with van der Waals surface area (Å²) in [5.41, 5.74) is 5.79. The lowest BCUT2D eigenvalue weighted by molar-refractivity contribution is 0.155.